The lowest BCUT2D eigenvalue weighted by atomic mass is 9.69. The monoisotopic (exact) mass is 325 g/mol. The Hall–Kier alpha value is -2.76. The molecule has 6 nitrogen and oxygen atoms in total. The van der Waals surface area contributed by atoms with E-state index in [2.05, 4.69) is 29.4 Å². The molecule has 0 saturated carbocycles. The van der Waals surface area contributed by atoms with Crippen LogP contribution in [-0.4, -0.2) is 21.1 Å². The molecule has 2 aromatic rings. The molecule has 0 fully saturated rings. The second-order valence-electron chi connectivity index (χ2n) is 7.35. The summed E-state index contributed by atoms with van der Waals surface area (Å²) in [6.45, 7) is 4.14. The van der Waals surface area contributed by atoms with Crippen LogP contribution in [0.15, 0.2) is 40.3 Å². The van der Waals surface area contributed by atoms with Crippen LogP contribution < -0.4 is 10.9 Å². The molecule has 1 atom stereocenters. The van der Waals surface area contributed by atoms with E-state index in [0.29, 0.717) is 23.4 Å². The molecule has 2 heterocycles. The van der Waals surface area contributed by atoms with Gasteiger partial charge < -0.3 is 10.4 Å². The summed E-state index contributed by atoms with van der Waals surface area (Å²) in [5.74, 6) is 0.414. The van der Waals surface area contributed by atoms with Crippen molar-refractivity contribution in [1.29, 1.82) is 0 Å². The highest BCUT2D eigenvalue weighted by Crippen LogP contribution is 2.47. The lowest BCUT2D eigenvalue weighted by Gasteiger charge is -2.37. The molecule has 0 unspecified atom stereocenters. The van der Waals surface area contributed by atoms with E-state index in [9.17, 15) is 14.7 Å². The number of hydrogen-bond acceptors (Lipinski definition) is 4. The van der Waals surface area contributed by atoms with Gasteiger partial charge in [-0.15, -0.1) is 0 Å². The van der Waals surface area contributed by atoms with Gasteiger partial charge in [0.25, 0.3) is 5.56 Å². The van der Waals surface area contributed by atoms with E-state index in [1.165, 1.54) is 0 Å². The Kier molecular flexibility index (Phi) is 3.00. The number of rotatable bonds is 1. The highest BCUT2D eigenvalue weighted by atomic mass is 16.3. The Morgan fingerprint density at radius 1 is 1.08 bits per heavy atom. The van der Waals surface area contributed by atoms with E-state index < -0.39 is 5.92 Å². The minimum Gasteiger partial charge on any atom is -0.508 e. The summed E-state index contributed by atoms with van der Waals surface area (Å²) in [5.41, 5.74) is 2.53. The van der Waals surface area contributed by atoms with Crippen LogP contribution in [0.4, 0.5) is 5.82 Å². The number of Topliss-reactive ketones (excluding diaryl/α,β-unsaturated/α-hetero) is 1. The molecule has 0 radical (unpaired) electrons. The molecule has 1 aliphatic carbocycles. The predicted molar refractivity (Wildman–Crippen MR) is 90.0 cm³/mol. The molecule has 0 spiro atoms. The van der Waals surface area contributed by atoms with E-state index in [-0.39, 0.29) is 22.5 Å². The van der Waals surface area contributed by atoms with E-state index >= 15 is 0 Å². The van der Waals surface area contributed by atoms with Crippen LogP contribution in [0.5, 0.6) is 5.75 Å². The zero-order valence-corrected chi connectivity index (χ0v) is 13.6. The van der Waals surface area contributed by atoms with E-state index in [1.807, 2.05) is 0 Å². The van der Waals surface area contributed by atoms with Crippen LogP contribution in [0.2, 0.25) is 0 Å². The van der Waals surface area contributed by atoms with Gasteiger partial charge in [0.05, 0.1) is 5.56 Å². The highest BCUT2D eigenvalue weighted by Gasteiger charge is 2.42. The second-order valence-corrected chi connectivity index (χ2v) is 7.35. The number of aromatic amines is 2. The molecular weight excluding hydrogens is 306 g/mol. The normalized spacial score (nSPS) is 21.9. The largest absolute Gasteiger partial charge is 0.508 e. The maximum atomic E-state index is 12.9. The first kappa shape index (κ1) is 14.8. The number of fused-ring (bicyclic) bond motifs is 1. The van der Waals surface area contributed by atoms with Crippen molar-refractivity contribution < 1.29 is 9.90 Å². The average Bonchev–Trinajstić information content (AvgIpc) is 2.86. The molecule has 2 aliphatic rings. The smallest absolute Gasteiger partial charge is 0.270 e. The average molecular weight is 325 g/mol. The molecule has 0 amide bonds. The lowest BCUT2D eigenvalue weighted by molar-refractivity contribution is -0.118. The van der Waals surface area contributed by atoms with Crippen LogP contribution in [0, 0.1) is 5.41 Å². The van der Waals surface area contributed by atoms with Crippen molar-refractivity contribution in [3.63, 3.8) is 0 Å². The zero-order valence-electron chi connectivity index (χ0n) is 13.6. The van der Waals surface area contributed by atoms with Gasteiger partial charge in [-0.3, -0.25) is 19.8 Å². The van der Waals surface area contributed by atoms with Gasteiger partial charge in [0, 0.05) is 23.6 Å². The number of nitrogens with one attached hydrogen (secondary N) is 3. The van der Waals surface area contributed by atoms with Gasteiger partial charge in [0.2, 0.25) is 0 Å². The molecule has 124 valence electrons. The summed E-state index contributed by atoms with van der Waals surface area (Å²) in [5, 5.41) is 18.3. The number of hydrogen-bond donors (Lipinski definition) is 4. The topological polar surface area (TPSA) is 98.0 Å². The number of aromatic hydroxyl groups is 1. The molecule has 1 aliphatic heterocycles. The van der Waals surface area contributed by atoms with Gasteiger partial charge in [-0.25, -0.2) is 0 Å². The molecule has 0 saturated heterocycles. The van der Waals surface area contributed by atoms with Crippen LogP contribution in [0.1, 0.15) is 43.7 Å². The number of phenols is 1. The van der Waals surface area contributed by atoms with Crippen molar-refractivity contribution in [3.8, 4) is 5.75 Å². The van der Waals surface area contributed by atoms with Gasteiger partial charge >= 0.3 is 0 Å². The quantitative estimate of drug-likeness (QED) is 0.648. The summed E-state index contributed by atoms with van der Waals surface area (Å²) in [7, 11) is 0. The fraction of sp³-hybridized carbons (Fsp3) is 0.333. The molecule has 1 aromatic heterocycles. The molecule has 4 N–H and O–H groups in total. The minimum absolute atomic E-state index is 0.0677. The van der Waals surface area contributed by atoms with Gasteiger partial charge in [0.1, 0.15) is 11.6 Å². The molecule has 6 heteroatoms. The van der Waals surface area contributed by atoms with Gasteiger partial charge in [-0.05, 0) is 29.5 Å². The first-order valence-corrected chi connectivity index (χ1v) is 7.98. The lowest BCUT2D eigenvalue weighted by Crippen LogP contribution is -2.34. The fourth-order valence-corrected chi connectivity index (χ4v) is 3.82. The SMILES string of the molecule is CC1(C)CC(=O)C2=C(C1)Nc1[nH][nH]c(=O)c1[C@@H]2c1ccc(O)cc1. The van der Waals surface area contributed by atoms with Crippen LogP contribution in [-0.2, 0) is 4.79 Å². The third kappa shape index (κ3) is 2.18. The Balaban J connectivity index is 1.94. The molecular formula is C18H19N3O3. The fourth-order valence-electron chi connectivity index (χ4n) is 3.82. The Labute approximate surface area is 138 Å². The Morgan fingerprint density at radius 3 is 2.50 bits per heavy atom. The first-order chi connectivity index (χ1) is 11.4. The summed E-state index contributed by atoms with van der Waals surface area (Å²) >= 11 is 0. The van der Waals surface area contributed by atoms with Crippen molar-refractivity contribution >= 4 is 11.6 Å². The maximum absolute atomic E-state index is 12.9. The van der Waals surface area contributed by atoms with E-state index in [0.717, 1.165) is 17.7 Å². The summed E-state index contributed by atoms with van der Waals surface area (Å²) in [6.07, 6.45) is 1.20. The van der Waals surface area contributed by atoms with E-state index in [1.54, 1.807) is 24.3 Å². The second kappa shape index (κ2) is 4.87. The van der Waals surface area contributed by atoms with Crippen molar-refractivity contribution in [2.24, 2.45) is 5.41 Å². The number of ketones is 1. The van der Waals surface area contributed by atoms with Crippen LogP contribution >= 0.6 is 0 Å². The summed E-state index contributed by atoms with van der Waals surface area (Å²) < 4.78 is 0. The van der Waals surface area contributed by atoms with Crippen molar-refractivity contribution in [3.05, 3.63) is 57.0 Å². The standard InChI is InChI=1S/C18H19N3O3/c1-18(2)7-11-14(12(23)8-18)13(9-3-5-10(22)6-4-9)15-16(19-11)20-21-17(15)24/h3-6,13,22H,7-8H2,1-2H3,(H3,19,20,21,24)/t13-/m1/s1. The van der Waals surface area contributed by atoms with Gasteiger partial charge in [0.15, 0.2) is 5.78 Å². The molecule has 1 aromatic carbocycles. The molecule has 24 heavy (non-hydrogen) atoms. The van der Waals surface area contributed by atoms with Gasteiger partial charge in [-0.2, -0.15) is 0 Å². The molecule has 4 rings (SSSR count). The summed E-state index contributed by atoms with van der Waals surface area (Å²) in [4.78, 5) is 25.2. The van der Waals surface area contributed by atoms with Crippen LogP contribution in [0.25, 0.3) is 0 Å². The van der Waals surface area contributed by atoms with Crippen molar-refractivity contribution in [2.45, 2.75) is 32.6 Å². The predicted octanol–water partition coefficient (Wildman–Crippen LogP) is 2.61. The number of benzene rings is 1. The van der Waals surface area contributed by atoms with Crippen molar-refractivity contribution in [1.82, 2.24) is 10.2 Å². The Bertz CT molecular complexity index is 916. The van der Waals surface area contributed by atoms with Crippen LogP contribution in [0.3, 0.4) is 0 Å². The number of aromatic nitrogens is 2. The van der Waals surface area contributed by atoms with Crippen molar-refractivity contribution in [2.75, 3.05) is 5.32 Å². The Morgan fingerprint density at radius 2 is 1.79 bits per heavy atom. The number of carbonyl (C=O) groups is 1. The first-order valence-electron chi connectivity index (χ1n) is 7.98. The zero-order chi connectivity index (χ0) is 17.1. The number of phenolic OH excluding ortho intramolecular Hbond substituents is 1. The number of anilines is 1. The van der Waals surface area contributed by atoms with Gasteiger partial charge in [-0.1, -0.05) is 26.0 Å². The molecule has 0 bridgehead atoms. The third-order valence-electron chi connectivity index (χ3n) is 4.81. The number of carbonyl (C=O) groups excluding carboxylic acids is 1. The maximum Gasteiger partial charge on any atom is 0.270 e. The third-order valence-corrected chi connectivity index (χ3v) is 4.81. The minimum atomic E-state index is -0.421. The number of H-pyrrole nitrogens is 2. The number of allylic oxidation sites excluding steroid dienone is 2. The highest BCUT2D eigenvalue weighted by molar-refractivity contribution is 6.01. The van der Waals surface area contributed by atoms with E-state index in [4.69, 9.17) is 0 Å². The summed E-state index contributed by atoms with van der Waals surface area (Å²) in [6, 6.07) is 6.68.